The smallest absolute Gasteiger partial charge is 0.347 e. The summed E-state index contributed by atoms with van der Waals surface area (Å²) in [6, 6.07) is 14.3. The van der Waals surface area contributed by atoms with Crippen LogP contribution in [0.5, 0.6) is 0 Å². The van der Waals surface area contributed by atoms with Crippen molar-refractivity contribution < 1.29 is 19.1 Å². The molecular formula is C18H11FN2O3. The van der Waals surface area contributed by atoms with Crippen molar-refractivity contribution in [1.29, 1.82) is 5.26 Å². The van der Waals surface area contributed by atoms with Gasteiger partial charge in [-0.05, 0) is 23.8 Å². The number of benzene rings is 2. The molecule has 5 nitrogen and oxygen atoms in total. The van der Waals surface area contributed by atoms with E-state index in [-0.39, 0.29) is 17.7 Å². The van der Waals surface area contributed by atoms with Crippen molar-refractivity contribution in [1.82, 2.24) is 0 Å². The summed E-state index contributed by atoms with van der Waals surface area (Å²) in [6.45, 7) is 0.195. The van der Waals surface area contributed by atoms with Crippen molar-refractivity contribution in [2.45, 2.75) is 6.54 Å². The Bertz CT molecular complexity index is 914. The first-order valence-electron chi connectivity index (χ1n) is 7.06. The Kier molecular flexibility index (Phi) is 3.84. The average Bonchev–Trinajstić information content (AvgIpc) is 2.82. The van der Waals surface area contributed by atoms with Gasteiger partial charge in [-0.3, -0.25) is 4.79 Å². The number of amides is 1. The largest absolute Gasteiger partial charge is 0.477 e. The van der Waals surface area contributed by atoms with Crippen LogP contribution in [0.15, 0.2) is 54.1 Å². The highest BCUT2D eigenvalue weighted by atomic mass is 19.1. The molecule has 0 bridgehead atoms. The zero-order chi connectivity index (χ0) is 17.3. The van der Waals surface area contributed by atoms with E-state index in [0.29, 0.717) is 5.69 Å². The normalized spacial score (nSPS) is 15.0. The fraction of sp³-hybridized carbons (Fsp3) is 0.0556. The Morgan fingerprint density at radius 3 is 2.54 bits per heavy atom. The lowest BCUT2D eigenvalue weighted by Crippen LogP contribution is -2.26. The van der Waals surface area contributed by atoms with E-state index in [1.54, 1.807) is 0 Å². The van der Waals surface area contributed by atoms with E-state index in [0.717, 1.165) is 11.6 Å². The first kappa shape index (κ1) is 15.4. The zero-order valence-electron chi connectivity index (χ0n) is 12.4. The van der Waals surface area contributed by atoms with Gasteiger partial charge < -0.3 is 10.0 Å². The Labute approximate surface area is 136 Å². The first-order chi connectivity index (χ1) is 11.5. The number of hydrogen-bond donors (Lipinski definition) is 1. The van der Waals surface area contributed by atoms with E-state index in [4.69, 9.17) is 5.26 Å². The van der Waals surface area contributed by atoms with E-state index in [9.17, 15) is 19.1 Å². The molecule has 1 heterocycles. The number of carboxylic acid groups (broad SMARTS) is 1. The minimum Gasteiger partial charge on any atom is -0.477 e. The standard InChI is InChI=1S/C18H11FN2O3/c19-12-6-7-15-13(8-12)16(14(9-20)18(23)24)17(22)21(15)10-11-4-2-1-3-5-11/h1-8H,10H2,(H,23,24)/b16-14+. The van der Waals surface area contributed by atoms with Crippen molar-refractivity contribution in [3.8, 4) is 6.07 Å². The molecule has 0 fully saturated rings. The molecule has 1 aliphatic rings. The highest BCUT2D eigenvalue weighted by Crippen LogP contribution is 2.39. The number of rotatable bonds is 3. The lowest BCUT2D eigenvalue weighted by Gasteiger charge is -2.17. The number of fused-ring (bicyclic) bond motifs is 1. The highest BCUT2D eigenvalue weighted by Gasteiger charge is 2.36. The van der Waals surface area contributed by atoms with E-state index >= 15 is 0 Å². The molecule has 0 radical (unpaired) electrons. The van der Waals surface area contributed by atoms with Crippen LogP contribution in [0.2, 0.25) is 0 Å². The molecule has 0 spiro atoms. The van der Waals surface area contributed by atoms with Crippen molar-refractivity contribution >= 4 is 23.1 Å². The van der Waals surface area contributed by atoms with Gasteiger partial charge in [0.05, 0.1) is 17.8 Å². The Balaban J connectivity index is 2.17. The van der Waals surface area contributed by atoms with Crippen LogP contribution >= 0.6 is 0 Å². The van der Waals surface area contributed by atoms with E-state index in [1.807, 2.05) is 30.3 Å². The molecule has 2 aromatic carbocycles. The van der Waals surface area contributed by atoms with Gasteiger partial charge in [0.1, 0.15) is 11.9 Å². The van der Waals surface area contributed by atoms with Crippen molar-refractivity contribution in [2.24, 2.45) is 0 Å². The number of carbonyl (C=O) groups excluding carboxylic acids is 1. The molecule has 2 aromatic rings. The summed E-state index contributed by atoms with van der Waals surface area (Å²) in [6.07, 6.45) is 0. The van der Waals surface area contributed by atoms with Gasteiger partial charge in [-0.25, -0.2) is 9.18 Å². The van der Waals surface area contributed by atoms with Crippen LogP contribution in [0.4, 0.5) is 10.1 Å². The highest BCUT2D eigenvalue weighted by molar-refractivity contribution is 6.36. The van der Waals surface area contributed by atoms with E-state index in [2.05, 4.69) is 0 Å². The number of aliphatic carboxylic acids is 1. The van der Waals surface area contributed by atoms with Crippen LogP contribution in [0.3, 0.4) is 0 Å². The van der Waals surface area contributed by atoms with Gasteiger partial charge in [-0.15, -0.1) is 0 Å². The fourth-order valence-electron chi connectivity index (χ4n) is 2.68. The zero-order valence-corrected chi connectivity index (χ0v) is 12.4. The van der Waals surface area contributed by atoms with Crippen molar-refractivity contribution in [2.75, 3.05) is 4.90 Å². The number of carboxylic acids is 1. The van der Waals surface area contributed by atoms with Crippen LogP contribution in [0, 0.1) is 17.1 Å². The summed E-state index contributed by atoms with van der Waals surface area (Å²) in [4.78, 5) is 25.3. The minimum atomic E-state index is -1.52. The third kappa shape index (κ3) is 2.52. The van der Waals surface area contributed by atoms with Gasteiger partial charge >= 0.3 is 5.97 Å². The maximum absolute atomic E-state index is 13.6. The van der Waals surface area contributed by atoms with Crippen LogP contribution in [-0.2, 0) is 16.1 Å². The number of anilines is 1. The topological polar surface area (TPSA) is 81.4 Å². The second-order valence-corrected chi connectivity index (χ2v) is 5.21. The molecule has 0 aromatic heterocycles. The lowest BCUT2D eigenvalue weighted by molar-refractivity contribution is -0.132. The summed E-state index contributed by atoms with van der Waals surface area (Å²) in [5, 5.41) is 18.3. The number of nitrogens with zero attached hydrogens (tertiary/aromatic N) is 2. The molecule has 24 heavy (non-hydrogen) atoms. The molecular weight excluding hydrogens is 311 g/mol. The van der Waals surface area contributed by atoms with E-state index < -0.39 is 23.3 Å². The second-order valence-electron chi connectivity index (χ2n) is 5.21. The van der Waals surface area contributed by atoms with Crippen molar-refractivity contribution in [3.05, 3.63) is 71.0 Å². The molecule has 118 valence electrons. The number of halogens is 1. The second kappa shape index (κ2) is 5.97. The lowest BCUT2D eigenvalue weighted by atomic mass is 10.0. The third-order valence-electron chi connectivity index (χ3n) is 3.74. The SMILES string of the molecule is N#C/C(C(=O)O)=C1\C(=O)N(Cc2ccccc2)c2ccc(F)cc21. The van der Waals surface area contributed by atoms with Gasteiger partial charge in [0.15, 0.2) is 5.57 Å². The summed E-state index contributed by atoms with van der Waals surface area (Å²) >= 11 is 0. The number of hydrogen-bond acceptors (Lipinski definition) is 3. The van der Waals surface area contributed by atoms with Crippen LogP contribution in [0.1, 0.15) is 11.1 Å². The molecule has 0 saturated carbocycles. The summed E-state index contributed by atoms with van der Waals surface area (Å²) in [7, 11) is 0. The van der Waals surface area contributed by atoms with Crippen LogP contribution in [-0.4, -0.2) is 17.0 Å². The Morgan fingerprint density at radius 1 is 1.21 bits per heavy atom. The molecule has 0 aliphatic carbocycles. The quantitative estimate of drug-likeness (QED) is 0.696. The molecule has 1 aliphatic heterocycles. The molecule has 6 heteroatoms. The Hall–Kier alpha value is -3.46. The van der Waals surface area contributed by atoms with Crippen LogP contribution < -0.4 is 4.90 Å². The van der Waals surface area contributed by atoms with Gasteiger partial charge in [0.25, 0.3) is 5.91 Å². The third-order valence-corrected chi connectivity index (χ3v) is 3.74. The number of nitriles is 1. The van der Waals surface area contributed by atoms with Gasteiger partial charge in [0, 0.05) is 5.56 Å². The molecule has 1 amide bonds. The summed E-state index contributed by atoms with van der Waals surface area (Å²) < 4.78 is 13.6. The van der Waals surface area contributed by atoms with Crippen molar-refractivity contribution in [3.63, 3.8) is 0 Å². The molecule has 0 saturated heterocycles. The van der Waals surface area contributed by atoms with Gasteiger partial charge in [-0.1, -0.05) is 30.3 Å². The average molecular weight is 322 g/mol. The van der Waals surface area contributed by atoms with E-state index in [1.165, 1.54) is 23.1 Å². The summed E-state index contributed by atoms with van der Waals surface area (Å²) in [5.74, 6) is -2.75. The predicted molar refractivity (Wildman–Crippen MR) is 84.2 cm³/mol. The fourth-order valence-corrected chi connectivity index (χ4v) is 2.68. The van der Waals surface area contributed by atoms with Gasteiger partial charge in [-0.2, -0.15) is 5.26 Å². The maximum atomic E-state index is 13.6. The monoisotopic (exact) mass is 322 g/mol. The Morgan fingerprint density at radius 2 is 1.92 bits per heavy atom. The van der Waals surface area contributed by atoms with Crippen LogP contribution in [0.25, 0.3) is 5.57 Å². The number of carbonyl (C=O) groups is 2. The molecule has 0 atom stereocenters. The summed E-state index contributed by atoms with van der Waals surface area (Å²) in [5.41, 5.74) is 0.359. The predicted octanol–water partition coefficient (Wildman–Crippen LogP) is 2.73. The molecule has 1 N–H and O–H groups in total. The molecule has 0 unspecified atom stereocenters. The first-order valence-corrected chi connectivity index (χ1v) is 7.06. The molecule has 3 rings (SSSR count). The van der Waals surface area contributed by atoms with Gasteiger partial charge in [0.2, 0.25) is 0 Å². The maximum Gasteiger partial charge on any atom is 0.347 e. The minimum absolute atomic E-state index is 0.120.